The van der Waals surface area contributed by atoms with Crippen LogP contribution >= 0.6 is 0 Å². The number of aliphatic imine (C=N–C) groups is 1. The zero-order chi connectivity index (χ0) is 38.0. The minimum atomic E-state index is -1.34. The van der Waals surface area contributed by atoms with E-state index in [0.29, 0.717) is 42.2 Å². The van der Waals surface area contributed by atoms with Crippen LogP contribution in [0.1, 0.15) is 59.8 Å². The number of benzene rings is 3. The molecule has 278 valence electrons. The molecule has 0 saturated carbocycles. The molecule has 0 unspecified atom stereocenters. The Morgan fingerprint density at radius 2 is 1.13 bits per heavy atom. The molecule has 0 bridgehead atoms. The van der Waals surface area contributed by atoms with Gasteiger partial charge in [-0.25, -0.2) is 24.4 Å². The van der Waals surface area contributed by atoms with Crippen LogP contribution in [-0.2, 0) is 14.3 Å². The number of aryl methyl sites for hydroxylation is 2. The molecular weight excluding hydrogens is 688 g/mol. The molecule has 5 aromatic rings. The van der Waals surface area contributed by atoms with E-state index in [-0.39, 0.29) is 42.0 Å². The number of carboxylic acid groups (broad SMARTS) is 1. The van der Waals surface area contributed by atoms with Crippen molar-refractivity contribution in [2.45, 2.75) is 41.0 Å². The summed E-state index contributed by atoms with van der Waals surface area (Å²) in [4.78, 5) is 45.9. The maximum absolute atomic E-state index is 11.8. The number of hydrogen-bond donors (Lipinski definition) is 3. The van der Waals surface area contributed by atoms with Gasteiger partial charge in [0.1, 0.15) is 11.6 Å². The van der Waals surface area contributed by atoms with Gasteiger partial charge in [0, 0.05) is 29.7 Å². The molecule has 3 heterocycles. The van der Waals surface area contributed by atoms with E-state index in [1.807, 2.05) is 80.6 Å². The second-order valence-corrected chi connectivity index (χ2v) is 10.9. The molecule has 2 aromatic heterocycles. The SMILES string of the molecule is CCOC(=O)C1=CN=C(C)C1.CCOC(=O)c1cnc(C)n1-c1ccccc1.Cc1ncc(C(=O)O)n1-c1ccccc1.OB(O)c1ccccc1.[Li+].[OH-]. The summed E-state index contributed by atoms with van der Waals surface area (Å²) in [5.41, 5.74) is 4.50. The molecule has 0 aliphatic carbocycles. The van der Waals surface area contributed by atoms with Gasteiger partial charge in [-0.15, -0.1) is 0 Å². The third kappa shape index (κ3) is 13.8. The molecule has 14 nitrogen and oxygen atoms in total. The first kappa shape index (κ1) is 46.5. The smallest absolute Gasteiger partial charge is 0.870 e. The summed E-state index contributed by atoms with van der Waals surface area (Å²) in [7, 11) is -1.34. The summed E-state index contributed by atoms with van der Waals surface area (Å²) < 4.78 is 13.2. The second kappa shape index (κ2) is 23.9. The van der Waals surface area contributed by atoms with Crippen molar-refractivity contribution in [1.29, 1.82) is 0 Å². The number of carbonyl (C=O) groups is 3. The molecule has 4 N–H and O–H groups in total. The average Bonchev–Trinajstić information content (AvgIpc) is 3.88. The van der Waals surface area contributed by atoms with Crippen molar-refractivity contribution in [2.75, 3.05) is 13.2 Å². The van der Waals surface area contributed by atoms with Crippen LogP contribution < -0.4 is 24.3 Å². The molecule has 0 atom stereocenters. The summed E-state index contributed by atoms with van der Waals surface area (Å²) >= 11 is 0. The third-order valence-electron chi connectivity index (χ3n) is 7.13. The first-order valence-electron chi connectivity index (χ1n) is 16.4. The van der Waals surface area contributed by atoms with Gasteiger partial charge in [-0.3, -0.25) is 14.1 Å². The van der Waals surface area contributed by atoms with Crippen LogP contribution in [-0.4, -0.2) is 83.7 Å². The Labute approximate surface area is 326 Å². The number of rotatable bonds is 8. The fraction of sp³-hybridized carbons (Fsp3) is 0.211. The number of nitrogens with zero attached hydrogens (tertiary/aromatic N) is 5. The first-order chi connectivity index (χ1) is 25.0. The maximum atomic E-state index is 11.8. The standard InChI is InChI=1S/C13H14N2O2.C11H10N2O2.C8H11NO2.C6H7BO2.Li.H2O/c1-3-17-13(16)12-9-14-10(2)15(12)11-7-5-4-6-8-11;1-8-12-7-10(11(14)15)13(8)9-5-3-2-4-6-9;1-3-11-8(10)7-4-6(2)9-5-7;8-7(9)6-4-2-1-3-5-6;;/h4-9H,3H2,1-2H3;2-7H,1H3,(H,14,15);5H,3-4H2,1-2H3;1-5,8-9H;;1H2/q;;;;+1;/p-1. The molecule has 0 amide bonds. The van der Waals surface area contributed by atoms with E-state index in [1.54, 1.807) is 66.6 Å². The summed E-state index contributed by atoms with van der Waals surface area (Å²) in [6.45, 7) is 9.89. The molecular formula is C38H43BLiN5O9. The third-order valence-corrected chi connectivity index (χ3v) is 7.13. The van der Waals surface area contributed by atoms with Crippen molar-refractivity contribution in [2.24, 2.45) is 4.99 Å². The Morgan fingerprint density at radius 3 is 1.52 bits per heavy atom. The van der Waals surface area contributed by atoms with Gasteiger partial charge in [-0.05, 0) is 64.3 Å². The monoisotopic (exact) mass is 731 g/mol. The largest absolute Gasteiger partial charge is 1.00 e. The van der Waals surface area contributed by atoms with E-state index < -0.39 is 13.1 Å². The topological polar surface area (TPSA) is 208 Å². The first-order valence-corrected chi connectivity index (χ1v) is 16.4. The molecule has 54 heavy (non-hydrogen) atoms. The van der Waals surface area contributed by atoms with Crippen LogP contribution in [0.4, 0.5) is 0 Å². The minimum absolute atomic E-state index is 0. The van der Waals surface area contributed by atoms with Crippen LogP contribution in [0.2, 0.25) is 0 Å². The zero-order valence-electron chi connectivity index (χ0n) is 31.2. The van der Waals surface area contributed by atoms with E-state index in [4.69, 9.17) is 24.6 Å². The summed E-state index contributed by atoms with van der Waals surface area (Å²) in [6, 6.07) is 27.6. The van der Waals surface area contributed by atoms with Crippen LogP contribution in [0.3, 0.4) is 0 Å². The van der Waals surface area contributed by atoms with Crippen molar-refractivity contribution >= 4 is 36.2 Å². The normalized spacial score (nSPS) is 10.8. The number of carboxylic acids is 1. The number of hydrogen-bond acceptors (Lipinski definition) is 11. The molecule has 0 fully saturated rings. The fourth-order valence-corrected chi connectivity index (χ4v) is 4.72. The summed E-state index contributed by atoms with van der Waals surface area (Å²) in [5, 5.41) is 26.1. The van der Waals surface area contributed by atoms with Gasteiger partial charge in [0.2, 0.25) is 0 Å². The van der Waals surface area contributed by atoms with Gasteiger partial charge in [-0.1, -0.05) is 66.7 Å². The van der Waals surface area contributed by atoms with Gasteiger partial charge in [0.25, 0.3) is 0 Å². The van der Waals surface area contributed by atoms with Crippen LogP contribution in [0.25, 0.3) is 11.4 Å². The van der Waals surface area contributed by atoms with Crippen molar-refractivity contribution in [1.82, 2.24) is 19.1 Å². The molecule has 0 spiro atoms. The Kier molecular flexibility index (Phi) is 20.6. The van der Waals surface area contributed by atoms with Crippen molar-refractivity contribution < 1.29 is 63.3 Å². The van der Waals surface area contributed by atoms with Crippen LogP contribution in [0.15, 0.2) is 120 Å². The molecule has 16 heteroatoms. The van der Waals surface area contributed by atoms with Crippen LogP contribution in [0, 0.1) is 13.8 Å². The predicted octanol–water partition coefficient (Wildman–Crippen LogP) is 1.73. The Balaban J connectivity index is 0.000000365. The van der Waals surface area contributed by atoms with Gasteiger partial charge in [0.15, 0.2) is 11.4 Å². The zero-order valence-corrected chi connectivity index (χ0v) is 31.2. The molecule has 1 aliphatic rings. The van der Waals surface area contributed by atoms with E-state index in [1.165, 1.54) is 6.20 Å². The fourth-order valence-electron chi connectivity index (χ4n) is 4.72. The van der Waals surface area contributed by atoms with Crippen molar-refractivity contribution in [3.05, 3.63) is 138 Å². The number of esters is 2. The number of aromatic carboxylic acids is 1. The molecule has 6 rings (SSSR count). The van der Waals surface area contributed by atoms with E-state index >= 15 is 0 Å². The Morgan fingerprint density at radius 1 is 0.704 bits per heavy atom. The number of carbonyl (C=O) groups excluding carboxylic acids is 2. The second-order valence-electron chi connectivity index (χ2n) is 10.9. The molecule has 3 aromatic carbocycles. The molecule has 0 radical (unpaired) electrons. The Hall–Kier alpha value is -5.56. The van der Waals surface area contributed by atoms with Gasteiger partial charge in [0.05, 0.1) is 31.2 Å². The van der Waals surface area contributed by atoms with Crippen molar-refractivity contribution in [3.63, 3.8) is 0 Å². The molecule has 0 saturated heterocycles. The van der Waals surface area contributed by atoms with Crippen LogP contribution in [0.5, 0.6) is 0 Å². The minimum Gasteiger partial charge on any atom is -0.870 e. The van der Waals surface area contributed by atoms with E-state index in [0.717, 1.165) is 22.9 Å². The molecule has 1 aliphatic heterocycles. The quantitative estimate of drug-likeness (QED) is 0.155. The number of imidazole rings is 2. The maximum Gasteiger partial charge on any atom is 1.00 e. The number of aromatic nitrogens is 4. The van der Waals surface area contributed by atoms with E-state index in [9.17, 15) is 14.4 Å². The summed E-state index contributed by atoms with van der Waals surface area (Å²) in [5.74, 6) is -0.137. The average molecular weight is 732 g/mol. The van der Waals surface area contributed by atoms with Gasteiger partial charge >= 0.3 is 43.9 Å². The number of ether oxygens (including phenoxy) is 2. The van der Waals surface area contributed by atoms with E-state index in [2.05, 4.69) is 15.0 Å². The van der Waals surface area contributed by atoms with Gasteiger partial charge < -0.3 is 30.1 Å². The number of para-hydroxylation sites is 2. The predicted molar refractivity (Wildman–Crippen MR) is 200 cm³/mol. The van der Waals surface area contributed by atoms with Crippen molar-refractivity contribution in [3.8, 4) is 11.4 Å². The summed E-state index contributed by atoms with van der Waals surface area (Å²) in [6.07, 6.45) is 5.12. The Bertz CT molecular complexity index is 1970. The van der Waals surface area contributed by atoms with Gasteiger partial charge in [-0.2, -0.15) is 0 Å².